The SMILES string of the molecule is C/C=C\CC.CC.CC(=S)N=C(C)C1=C(C)CCC1.CC1=C(F)CC(S)C(CCC#N)=C1. The Hall–Kier alpha value is -1.51. The van der Waals surface area contributed by atoms with Crippen LogP contribution in [0.15, 0.2) is 51.3 Å². The number of rotatable bonds is 4. The van der Waals surface area contributed by atoms with Crippen LogP contribution in [-0.4, -0.2) is 16.0 Å². The van der Waals surface area contributed by atoms with Crippen molar-refractivity contribution >= 4 is 35.5 Å². The highest BCUT2D eigenvalue weighted by atomic mass is 32.1. The van der Waals surface area contributed by atoms with Crippen molar-refractivity contribution in [2.24, 2.45) is 4.99 Å². The number of hydrogen-bond acceptors (Lipinski definition) is 3. The highest BCUT2D eigenvalue weighted by Gasteiger charge is 2.18. The average molecular weight is 479 g/mol. The van der Waals surface area contributed by atoms with Crippen LogP contribution in [0.25, 0.3) is 0 Å². The van der Waals surface area contributed by atoms with E-state index in [1.54, 1.807) is 6.92 Å². The van der Waals surface area contributed by atoms with Crippen molar-refractivity contribution in [3.05, 3.63) is 46.3 Å². The van der Waals surface area contributed by atoms with Gasteiger partial charge in [-0.25, -0.2) is 9.38 Å². The van der Waals surface area contributed by atoms with Crippen molar-refractivity contribution in [3.8, 4) is 6.07 Å². The van der Waals surface area contributed by atoms with E-state index >= 15 is 0 Å². The van der Waals surface area contributed by atoms with Crippen LogP contribution in [0, 0.1) is 11.3 Å². The number of halogens is 1. The zero-order valence-electron chi connectivity index (χ0n) is 21.4. The maximum Gasteiger partial charge on any atom is 0.104 e. The summed E-state index contributed by atoms with van der Waals surface area (Å²) in [5.74, 6) is -0.0827. The summed E-state index contributed by atoms with van der Waals surface area (Å²) in [5.41, 5.74) is 5.80. The normalized spacial score (nSPS) is 18.0. The summed E-state index contributed by atoms with van der Waals surface area (Å²) in [4.78, 5) is 5.04. The fourth-order valence-corrected chi connectivity index (χ4v) is 3.78. The Kier molecular flexibility index (Phi) is 20.5. The third-order valence-corrected chi connectivity index (χ3v) is 5.49. The number of hydrogen-bond donors (Lipinski definition) is 1. The first-order valence-electron chi connectivity index (χ1n) is 11.6. The van der Waals surface area contributed by atoms with Crippen LogP contribution in [0.5, 0.6) is 0 Å². The minimum Gasteiger partial charge on any atom is -0.247 e. The van der Waals surface area contributed by atoms with E-state index in [9.17, 15) is 4.39 Å². The molecule has 0 heterocycles. The quantitative estimate of drug-likeness (QED) is 0.189. The number of allylic oxidation sites excluding steroid dienone is 7. The molecule has 2 nitrogen and oxygen atoms in total. The molecule has 1 atom stereocenters. The lowest BCUT2D eigenvalue weighted by Gasteiger charge is -2.19. The van der Waals surface area contributed by atoms with Gasteiger partial charge in [-0.2, -0.15) is 17.9 Å². The van der Waals surface area contributed by atoms with Crippen molar-refractivity contribution in [2.75, 3.05) is 0 Å². The molecular formula is C27H43FN2S2. The molecule has 0 aromatic carbocycles. The van der Waals surface area contributed by atoms with Gasteiger partial charge < -0.3 is 0 Å². The van der Waals surface area contributed by atoms with Gasteiger partial charge >= 0.3 is 0 Å². The van der Waals surface area contributed by atoms with Gasteiger partial charge in [-0.05, 0) is 77.9 Å². The van der Waals surface area contributed by atoms with Gasteiger partial charge in [0.25, 0.3) is 0 Å². The van der Waals surface area contributed by atoms with Gasteiger partial charge in [-0.3, -0.25) is 0 Å². The Labute approximate surface area is 207 Å². The molecule has 5 heteroatoms. The molecular weight excluding hydrogens is 435 g/mol. The van der Waals surface area contributed by atoms with Gasteiger partial charge in [0.05, 0.1) is 6.07 Å². The average Bonchev–Trinajstić information content (AvgIpc) is 3.18. The molecule has 0 radical (unpaired) electrons. The number of thiocarbonyl (C=S) groups is 1. The Bertz CT molecular complexity index is 765. The number of thiol groups is 1. The van der Waals surface area contributed by atoms with E-state index in [0.29, 0.717) is 24.8 Å². The van der Waals surface area contributed by atoms with Crippen molar-refractivity contribution in [3.63, 3.8) is 0 Å². The topological polar surface area (TPSA) is 36.1 Å². The first-order valence-corrected chi connectivity index (χ1v) is 12.6. The van der Waals surface area contributed by atoms with E-state index in [2.05, 4.69) is 56.6 Å². The van der Waals surface area contributed by atoms with Gasteiger partial charge in [0.15, 0.2) is 0 Å². The van der Waals surface area contributed by atoms with Crippen LogP contribution in [0.1, 0.15) is 100 Å². The first-order chi connectivity index (χ1) is 15.2. The van der Waals surface area contributed by atoms with Crippen LogP contribution < -0.4 is 0 Å². The Morgan fingerprint density at radius 2 is 1.94 bits per heavy atom. The van der Waals surface area contributed by atoms with Gasteiger partial charge in [-0.1, -0.05) is 62.4 Å². The van der Waals surface area contributed by atoms with Gasteiger partial charge in [-0.15, -0.1) is 0 Å². The summed E-state index contributed by atoms with van der Waals surface area (Å²) in [6.07, 6.45) is 12.4. The molecule has 0 spiro atoms. The zero-order chi connectivity index (χ0) is 25.1. The van der Waals surface area contributed by atoms with Crippen molar-refractivity contribution in [1.29, 1.82) is 5.26 Å². The molecule has 32 heavy (non-hydrogen) atoms. The minimum absolute atomic E-state index is 0.0444. The Morgan fingerprint density at radius 3 is 2.34 bits per heavy atom. The Balaban J connectivity index is 0. The second-order valence-corrected chi connectivity index (χ2v) is 8.71. The summed E-state index contributed by atoms with van der Waals surface area (Å²) in [5, 5.41) is 8.37. The van der Waals surface area contributed by atoms with Gasteiger partial charge in [0.2, 0.25) is 0 Å². The van der Waals surface area contributed by atoms with Crippen LogP contribution >= 0.6 is 24.8 Å². The lowest BCUT2D eigenvalue weighted by molar-refractivity contribution is 0.573. The summed E-state index contributed by atoms with van der Waals surface area (Å²) >= 11 is 9.21. The van der Waals surface area contributed by atoms with E-state index in [1.807, 2.05) is 33.8 Å². The molecule has 0 saturated carbocycles. The van der Waals surface area contributed by atoms with E-state index in [0.717, 1.165) is 22.7 Å². The predicted molar refractivity (Wildman–Crippen MR) is 149 cm³/mol. The van der Waals surface area contributed by atoms with E-state index in [4.69, 9.17) is 17.5 Å². The third-order valence-electron chi connectivity index (χ3n) is 4.88. The monoisotopic (exact) mass is 478 g/mol. The number of nitrogens with zero attached hydrogens (tertiary/aromatic N) is 2. The van der Waals surface area contributed by atoms with Crippen molar-refractivity contribution < 1.29 is 4.39 Å². The Morgan fingerprint density at radius 1 is 1.31 bits per heavy atom. The van der Waals surface area contributed by atoms with E-state index in [1.165, 1.54) is 30.4 Å². The molecule has 0 amide bonds. The molecule has 2 aliphatic rings. The third kappa shape index (κ3) is 14.5. The van der Waals surface area contributed by atoms with E-state index < -0.39 is 0 Å². The van der Waals surface area contributed by atoms with E-state index in [-0.39, 0.29) is 11.1 Å². The molecule has 0 fully saturated rings. The maximum atomic E-state index is 13.0. The molecule has 0 aromatic heterocycles. The lowest BCUT2D eigenvalue weighted by Crippen LogP contribution is -2.09. The smallest absolute Gasteiger partial charge is 0.104 e. The second-order valence-electron chi connectivity index (χ2n) is 7.49. The lowest BCUT2D eigenvalue weighted by atomic mass is 9.95. The molecule has 0 saturated heterocycles. The summed E-state index contributed by atoms with van der Waals surface area (Å²) < 4.78 is 13.0. The number of aliphatic imine (C=N–C) groups is 1. The van der Waals surface area contributed by atoms with Crippen molar-refractivity contribution in [1.82, 2.24) is 0 Å². The fourth-order valence-electron chi connectivity index (χ4n) is 3.28. The number of nitriles is 1. The summed E-state index contributed by atoms with van der Waals surface area (Å²) in [6, 6.07) is 2.08. The first kappa shape index (κ1) is 32.7. The highest BCUT2D eigenvalue weighted by molar-refractivity contribution is 7.81. The van der Waals surface area contributed by atoms with Crippen molar-refractivity contribution in [2.45, 2.75) is 106 Å². The van der Waals surface area contributed by atoms with Crippen LogP contribution in [0.4, 0.5) is 4.39 Å². The van der Waals surface area contributed by atoms with Gasteiger partial charge in [0.1, 0.15) is 10.8 Å². The largest absolute Gasteiger partial charge is 0.247 e. The zero-order valence-corrected chi connectivity index (χ0v) is 23.1. The highest BCUT2D eigenvalue weighted by Crippen LogP contribution is 2.30. The molecule has 0 N–H and O–H groups in total. The molecule has 0 aromatic rings. The maximum absolute atomic E-state index is 13.0. The summed E-state index contributed by atoms with van der Waals surface area (Å²) in [7, 11) is 0. The predicted octanol–water partition coefficient (Wildman–Crippen LogP) is 9.46. The van der Waals surface area contributed by atoms with Crippen LogP contribution in [0.2, 0.25) is 0 Å². The molecule has 0 aliphatic heterocycles. The second kappa shape index (κ2) is 20.1. The molecule has 1 unspecified atom stereocenters. The summed E-state index contributed by atoms with van der Waals surface area (Å²) in [6.45, 7) is 16.0. The minimum atomic E-state index is -0.0827. The molecule has 2 rings (SSSR count). The van der Waals surface area contributed by atoms with Crippen LogP contribution in [0.3, 0.4) is 0 Å². The van der Waals surface area contributed by atoms with Crippen LogP contribution in [-0.2, 0) is 0 Å². The molecule has 0 bridgehead atoms. The van der Waals surface area contributed by atoms with Gasteiger partial charge in [0, 0.05) is 23.8 Å². The standard InChI is InChI=1S/C10H12FNS.C10H15NS.C5H10.C2H6/c1-7-5-8(3-2-4-12)10(13)6-9(7)11;1-7-5-4-6-10(7)8(2)11-9(3)12;1-3-5-4-2;1-2/h5,10,13H,2-3,6H2,1H3;4-6H2,1-3H3;3,5H,4H2,1-2H3;1-2H3/b;;5-3-;. The molecule has 180 valence electrons. The fraction of sp³-hybridized carbons (Fsp3) is 0.593. The molecule has 2 aliphatic carbocycles.